The van der Waals surface area contributed by atoms with Crippen molar-refractivity contribution < 1.29 is 14.7 Å². The van der Waals surface area contributed by atoms with E-state index in [1.165, 1.54) is 13.1 Å². The SMILES string of the molecule is C/C(O)=C\C(=O)On1cc(C#Cc2ccccc2)c(C)n1. The molecule has 0 aliphatic rings. The molecule has 1 heterocycles. The van der Waals surface area contributed by atoms with Crippen molar-refractivity contribution in [1.29, 1.82) is 0 Å². The average Bonchev–Trinajstić information content (AvgIpc) is 2.76. The van der Waals surface area contributed by atoms with Gasteiger partial charge >= 0.3 is 5.97 Å². The first-order valence-corrected chi connectivity index (χ1v) is 6.27. The topological polar surface area (TPSA) is 64.3 Å². The minimum absolute atomic E-state index is 0.132. The lowest BCUT2D eigenvalue weighted by molar-refractivity contribution is -0.140. The first kappa shape index (κ1) is 14.4. The van der Waals surface area contributed by atoms with Gasteiger partial charge in [-0.1, -0.05) is 34.9 Å². The summed E-state index contributed by atoms with van der Waals surface area (Å²) in [5.41, 5.74) is 2.20. The molecule has 0 atom stereocenters. The Labute approximate surface area is 122 Å². The Balaban J connectivity index is 2.15. The maximum absolute atomic E-state index is 11.4. The van der Waals surface area contributed by atoms with E-state index in [4.69, 9.17) is 9.94 Å². The van der Waals surface area contributed by atoms with Crippen LogP contribution in [0.2, 0.25) is 0 Å². The summed E-state index contributed by atoms with van der Waals surface area (Å²) in [5, 5.41) is 13.0. The van der Waals surface area contributed by atoms with E-state index in [0.717, 1.165) is 16.5 Å². The van der Waals surface area contributed by atoms with Gasteiger partial charge in [-0.2, -0.15) is 0 Å². The van der Waals surface area contributed by atoms with Crippen molar-refractivity contribution in [2.75, 3.05) is 0 Å². The Morgan fingerprint density at radius 3 is 2.71 bits per heavy atom. The number of allylic oxidation sites excluding steroid dienone is 1. The predicted octanol–water partition coefficient (Wildman–Crippen LogP) is 2.01. The number of benzene rings is 1. The van der Waals surface area contributed by atoms with Crippen molar-refractivity contribution in [3.63, 3.8) is 0 Å². The fourth-order valence-electron chi connectivity index (χ4n) is 1.55. The lowest BCUT2D eigenvalue weighted by Crippen LogP contribution is -2.18. The quantitative estimate of drug-likeness (QED) is 0.520. The standard InChI is InChI=1S/C16H14N2O3/c1-12(19)10-16(20)21-18-11-15(13(2)17-18)9-8-14-6-4-3-5-7-14/h3-7,10-11,19H,1-2H3/b12-10+. The summed E-state index contributed by atoms with van der Waals surface area (Å²) in [6.07, 6.45) is 2.48. The molecule has 5 nitrogen and oxygen atoms in total. The zero-order valence-electron chi connectivity index (χ0n) is 11.7. The van der Waals surface area contributed by atoms with E-state index < -0.39 is 5.97 Å². The van der Waals surface area contributed by atoms with Crippen molar-refractivity contribution in [1.82, 2.24) is 9.94 Å². The number of carbonyl (C=O) groups excluding carboxylic acids is 1. The van der Waals surface area contributed by atoms with Crippen molar-refractivity contribution in [2.45, 2.75) is 13.8 Å². The molecule has 1 N–H and O–H groups in total. The van der Waals surface area contributed by atoms with Gasteiger partial charge in [0.1, 0.15) is 0 Å². The fraction of sp³-hybridized carbons (Fsp3) is 0.125. The van der Waals surface area contributed by atoms with Gasteiger partial charge in [-0.3, -0.25) is 0 Å². The van der Waals surface area contributed by atoms with Gasteiger partial charge in [0.2, 0.25) is 0 Å². The summed E-state index contributed by atoms with van der Waals surface area (Å²) in [6, 6.07) is 9.55. The number of hydrogen-bond donors (Lipinski definition) is 1. The second-order valence-electron chi connectivity index (χ2n) is 4.34. The molecule has 0 bridgehead atoms. The summed E-state index contributed by atoms with van der Waals surface area (Å²) in [6.45, 7) is 3.15. The molecule has 0 fully saturated rings. The van der Waals surface area contributed by atoms with Crippen molar-refractivity contribution in [3.05, 3.63) is 65.2 Å². The molecule has 21 heavy (non-hydrogen) atoms. The molecular formula is C16H14N2O3. The lowest BCUT2D eigenvalue weighted by atomic mass is 10.2. The van der Waals surface area contributed by atoms with Crippen molar-refractivity contribution in [3.8, 4) is 11.8 Å². The third kappa shape index (κ3) is 4.25. The smallest absolute Gasteiger partial charge is 0.361 e. The number of aryl methyl sites for hydroxylation is 1. The third-order valence-corrected chi connectivity index (χ3v) is 2.50. The van der Waals surface area contributed by atoms with Crippen LogP contribution in [-0.2, 0) is 4.79 Å². The van der Waals surface area contributed by atoms with Crippen LogP contribution in [0.3, 0.4) is 0 Å². The highest BCUT2D eigenvalue weighted by Gasteiger charge is 2.06. The van der Waals surface area contributed by atoms with E-state index >= 15 is 0 Å². The van der Waals surface area contributed by atoms with E-state index in [9.17, 15) is 4.79 Å². The van der Waals surface area contributed by atoms with E-state index in [1.54, 1.807) is 6.92 Å². The summed E-state index contributed by atoms with van der Waals surface area (Å²) in [5.74, 6) is 5.14. The van der Waals surface area contributed by atoms with Crippen molar-refractivity contribution in [2.24, 2.45) is 0 Å². The van der Waals surface area contributed by atoms with Crippen molar-refractivity contribution >= 4 is 5.97 Å². The zero-order chi connectivity index (χ0) is 15.2. The summed E-state index contributed by atoms with van der Waals surface area (Å²) in [7, 11) is 0. The molecule has 0 radical (unpaired) electrons. The Morgan fingerprint density at radius 1 is 1.33 bits per heavy atom. The van der Waals surface area contributed by atoms with Gasteiger partial charge in [0.05, 0.1) is 29.3 Å². The lowest BCUT2D eigenvalue weighted by Gasteiger charge is -1.98. The first-order chi connectivity index (χ1) is 10.0. The van der Waals surface area contributed by atoms with Gasteiger partial charge in [-0.15, -0.1) is 5.10 Å². The maximum Gasteiger partial charge on any atom is 0.361 e. The molecule has 1 aromatic heterocycles. The highest BCUT2D eigenvalue weighted by atomic mass is 16.7. The number of nitrogens with zero attached hydrogens (tertiary/aromatic N) is 2. The molecule has 106 valence electrons. The molecule has 2 rings (SSSR count). The minimum atomic E-state index is -0.708. The Bertz CT molecular complexity index is 730. The molecule has 0 unspecified atom stereocenters. The van der Waals surface area contributed by atoms with E-state index in [2.05, 4.69) is 16.9 Å². The second kappa shape index (κ2) is 6.44. The summed E-state index contributed by atoms with van der Waals surface area (Å²) >= 11 is 0. The normalized spacial score (nSPS) is 10.7. The van der Waals surface area contributed by atoms with Crippen LogP contribution in [0.5, 0.6) is 0 Å². The van der Waals surface area contributed by atoms with Crippen LogP contribution >= 0.6 is 0 Å². The van der Waals surface area contributed by atoms with Gasteiger partial charge in [-0.25, -0.2) is 4.79 Å². The number of rotatable bonds is 2. The van der Waals surface area contributed by atoms with Crippen LogP contribution in [0.25, 0.3) is 0 Å². The number of aliphatic hydroxyl groups excluding tert-OH is 1. The summed E-state index contributed by atoms with van der Waals surface area (Å²) < 4.78 is 0. The number of aromatic nitrogens is 2. The van der Waals surface area contributed by atoms with Crippen LogP contribution in [0, 0.1) is 18.8 Å². The van der Waals surface area contributed by atoms with E-state index in [0.29, 0.717) is 11.3 Å². The first-order valence-electron chi connectivity index (χ1n) is 6.27. The number of carbonyl (C=O) groups is 1. The second-order valence-corrected chi connectivity index (χ2v) is 4.34. The highest BCUT2D eigenvalue weighted by molar-refractivity contribution is 5.82. The van der Waals surface area contributed by atoms with Crippen LogP contribution in [0.15, 0.2) is 48.4 Å². The maximum atomic E-state index is 11.4. The Kier molecular flexibility index (Phi) is 4.42. The largest absolute Gasteiger partial charge is 0.512 e. The van der Waals surface area contributed by atoms with Gasteiger partial charge in [0, 0.05) is 5.56 Å². The third-order valence-electron chi connectivity index (χ3n) is 2.50. The molecule has 1 aromatic carbocycles. The molecule has 0 saturated carbocycles. The Morgan fingerprint density at radius 2 is 2.05 bits per heavy atom. The molecular weight excluding hydrogens is 268 g/mol. The van der Waals surface area contributed by atoms with E-state index in [1.807, 2.05) is 30.3 Å². The summed E-state index contributed by atoms with van der Waals surface area (Å²) in [4.78, 5) is 17.3. The zero-order valence-corrected chi connectivity index (χ0v) is 11.7. The van der Waals surface area contributed by atoms with Gasteiger partial charge in [0.25, 0.3) is 0 Å². The molecule has 0 spiro atoms. The minimum Gasteiger partial charge on any atom is -0.512 e. The molecule has 5 heteroatoms. The number of hydrogen-bond acceptors (Lipinski definition) is 4. The molecule has 2 aromatic rings. The van der Waals surface area contributed by atoms with Gasteiger partial charge < -0.3 is 9.94 Å². The molecule has 0 amide bonds. The molecule has 0 saturated heterocycles. The predicted molar refractivity (Wildman–Crippen MR) is 77.4 cm³/mol. The van der Waals surface area contributed by atoms with Gasteiger partial charge in [-0.05, 0) is 26.0 Å². The van der Waals surface area contributed by atoms with Crippen LogP contribution < -0.4 is 4.84 Å². The highest BCUT2D eigenvalue weighted by Crippen LogP contribution is 2.04. The monoisotopic (exact) mass is 282 g/mol. The fourth-order valence-corrected chi connectivity index (χ4v) is 1.55. The van der Waals surface area contributed by atoms with Crippen LogP contribution in [-0.4, -0.2) is 21.0 Å². The molecule has 0 aliphatic carbocycles. The van der Waals surface area contributed by atoms with E-state index in [-0.39, 0.29) is 5.76 Å². The molecule has 0 aliphatic heterocycles. The number of aliphatic hydroxyl groups is 1. The van der Waals surface area contributed by atoms with Crippen LogP contribution in [0.4, 0.5) is 0 Å². The average molecular weight is 282 g/mol. The van der Waals surface area contributed by atoms with Crippen LogP contribution in [0.1, 0.15) is 23.7 Å². The Hall–Kier alpha value is -3.00. The van der Waals surface area contributed by atoms with Gasteiger partial charge in [0.15, 0.2) is 0 Å².